The van der Waals surface area contributed by atoms with Gasteiger partial charge in [0.25, 0.3) is 5.91 Å². The van der Waals surface area contributed by atoms with Crippen molar-refractivity contribution in [2.75, 3.05) is 37.7 Å². The Morgan fingerprint density at radius 1 is 1.12 bits per heavy atom. The van der Waals surface area contributed by atoms with Crippen molar-refractivity contribution in [2.45, 2.75) is 0 Å². The molecule has 1 aliphatic heterocycles. The molecule has 0 aliphatic carbocycles. The van der Waals surface area contributed by atoms with Gasteiger partial charge in [0, 0.05) is 44.6 Å². The van der Waals surface area contributed by atoms with Gasteiger partial charge in [-0.25, -0.2) is 18.7 Å². The van der Waals surface area contributed by atoms with Crippen molar-refractivity contribution in [3.63, 3.8) is 0 Å². The average molecular weight is 334 g/mol. The van der Waals surface area contributed by atoms with Crippen LogP contribution in [0.4, 0.5) is 14.7 Å². The topological polar surface area (TPSA) is 58.6 Å². The number of hydrogen-bond acceptors (Lipinski definition) is 5. The normalized spacial score (nSPS) is 14.6. The number of nitrogens with zero attached hydrogens (tertiary/aromatic N) is 4. The van der Waals surface area contributed by atoms with Crippen LogP contribution in [0.3, 0.4) is 0 Å². The lowest BCUT2D eigenvalue weighted by Crippen LogP contribution is -2.50. The molecule has 3 rings (SSSR count). The number of piperazine rings is 1. The largest absolute Gasteiger partial charge is 0.481 e. The monoisotopic (exact) mass is 334 g/mol. The summed E-state index contributed by atoms with van der Waals surface area (Å²) in [4.78, 5) is 24.1. The number of benzene rings is 1. The maximum Gasteiger partial charge on any atom is 0.260 e. The molecule has 1 aliphatic rings. The molecule has 6 nitrogen and oxygen atoms in total. The first-order valence-electron chi connectivity index (χ1n) is 7.51. The molecule has 0 atom stereocenters. The molecule has 2 aromatic rings. The smallest absolute Gasteiger partial charge is 0.260 e. The minimum absolute atomic E-state index is 0.138. The second-order valence-corrected chi connectivity index (χ2v) is 5.28. The summed E-state index contributed by atoms with van der Waals surface area (Å²) >= 11 is 0. The van der Waals surface area contributed by atoms with Crippen molar-refractivity contribution in [3.8, 4) is 5.75 Å². The summed E-state index contributed by atoms with van der Waals surface area (Å²) < 4.78 is 31.4. The van der Waals surface area contributed by atoms with Gasteiger partial charge in [-0.15, -0.1) is 0 Å². The second kappa shape index (κ2) is 7.20. The molecule has 1 amide bonds. The van der Waals surface area contributed by atoms with Gasteiger partial charge in [-0.05, 0) is 18.2 Å². The van der Waals surface area contributed by atoms with Crippen molar-refractivity contribution >= 4 is 11.9 Å². The standard InChI is InChI=1S/C16H16F2N4O2/c17-12-2-3-14(13(18)10-12)24-11-15(23)21-6-8-22(9-7-21)16-19-4-1-5-20-16/h1-5,10H,6-9,11H2. The van der Waals surface area contributed by atoms with Crippen LogP contribution in [0.15, 0.2) is 36.7 Å². The van der Waals surface area contributed by atoms with Crippen LogP contribution in [-0.2, 0) is 4.79 Å². The lowest BCUT2D eigenvalue weighted by atomic mass is 10.3. The fourth-order valence-corrected chi connectivity index (χ4v) is 2.43. The number of aromatic nitrogens is 2. The first kappa shape index (κ1) is 16.1. The molecule has 0 unspecified atom stereocenters. The number of amides is 1. The first-order chi connectivity index (χ1) is 11.6. The van der Waals surface area contributed by atoms with E-state index in [4.69, 9.17) is 4.74 Å². The Morgan fingerprint density at radius 2 is 1.83 bits per heavy atom. The Kier molecular flexibility index (Phi) is 4.83. The molecule has 0 radical (unpaired) electrons. The summed E-state index contributed by atoms with van der Waals surface area (Å²) in [5.41, 5.74) is 0. The van der Waals surface area contributed by atoms with Crippen LogP contribution < -0.4 is 9.64 Å². The number of carbonyl (C=O) groups is 1. The summed E-state index contributed by atoms with van der Waals surface area (Å²) in [7, 11) is 0. The van der Waals surface area contributed by atoms with Crippen molar-refractivity contribution < 1.29 is 18.3 Å². The molecule has 0 bridgehead atoms. The molecular weight excluding hydrogens is 318 g/mol. The lowest BCUT2D eigenvalue weighted by Gasteiger charge is -2.34. The Balaban J connectivity index is 1.50. The molecular formula is C16H16F2N4O2. The Hall–Kier alpha value is -2.77. The van der Waals surface area contributed by atoms with Crippen molar-refractivity contribution in [3.05, 3.63) is 48.3 Å². The van der Waals surface area contributed by atoms with Crippen LogP contribution in [0.1, 0.15) is 0 Å². The first-order valence-corrected chi connectivity index (χ1v) is 7.51. The minimum atomic E-state index is -0.825. The quantitative estimate of drug-likeness (QED) is 0.848. The Morgan fingerprint density at radius 3 is 2.50 bits per heavy atom. The maximum atomic E-state index is 13.5. The lowest BCUT2D eigenvalue weighted by molar-refractivity contribution is -0.133. The third kappa shape index (κ3) is 3.76. The minimum Gasteiger partial charge on any atom is -0.481 e. The number of rotatable bonds is 4. The number of ether oxygens (including phenoxy) is 1. The molecule has 8 heteroatoms. The Labute approximate surface area is 137 Å². The fourth-order valence-electron chi connectivity index (χ4n) is 2.43. The predicted molar refractivity (Wildman–Crippen MR) is 82.7 cm³/mol. The number of anilines is 1. The molecule has 1 aromatic heterocycles. The van der Waals surface area contributed by atoms with Crippen LogP contribution in [0.25, 0.3) is 0 Å². The van der Waals surface area contributed by atoms with Crippen molar-refractivity contribution in [1.82, 2.24) is 14.9 Å². The van der Waals surface area contributed by atoms with Gasteiger partial charge < -0.3 is 14.5 Å². The molecule has 1 saturated heterocycles. The van der Waals surface area contributed by atoms with E-state index in [1.807, 2.05) is 4.90 Å². The van der Waals surface area contributed by atoms with Gasteiger partial charge in [0.2, 0.25) is 5.95 Å². The SMILES string of the molecule is O=C(COc1ccc(F)cc1F)N1CCN(c2ncccn2)CC1. The van der Waals surface area contributed by atoms with E-state index in [2.05, 4.69) is 9.97 Å². The zero-order valence-corrected chi connectivity index (χ0v) is 12.9. The van der Waals surface area contributed by atoms with E-state index in [0.717, 1.165) is 12.1 Å². The molecule has 24 heavy (non-hydrogen) atoms. The van der Waals surface area contributed by atoms with Gasteiger partial charge in [0.15, 0.2) is 18.2 Å². The molecule has 2 heterocycles. The maximum absolute atomic E-state index is 13.5. The zero-order valence-electron chi connectivity index (χ0n) is 12.9. The van der Waals surface area contributed by atoms with E-state index in [-0.39, 0.29) is 18.3 Å². The van der Waals surface area contributed by atoms with E-state index in [1.54, 1.807) is 23.4 Å². The van der Waals surface area contributed by atoms with Gasteiger partial charge >= 0.3 is 0 Å². The van der Waals surface area contributed by atoms with Gasteiger partial charge in [0.1, 0.15) is 5.82 Å². The summed E-state index contributed by atoms with van der Waals surface area (Å²) in [5.74, 6) is -1.26. The second-order valence-electron chi connectivity index (χ2n) is 5.28. The van der Waals surface area contributed by atoms with Crippen molar-refractivity contribution in [2.24, 2.45) is 0 Å². The van der Waals surface area contributed by atoms with E-state index >= 15 is 0 Å². The highest BCUT2D eigenvalue weighted by Crippen LogP contribution is 2.18. The third-order valence-corrected chi connectivity index (χ3v) is 3.71. The molecule has 0 N–H and O–H groups in total. The molecule has 0 saturated carbocycles. The Bertz CT molecular complexity index is 706. The zero-order chi connectivity index (χ0) is 16.9. The van der Waals surface area contributed by atoms with Gasteiger partial charge in [-0.2, -0.15) is 0 Å². The summed E-state index contributed by atoms with van der Waals surface area (Å²) in [6.45, 7) is 1.95. The highest BCUT2D eigenvalue weighted by Gasteiger charge is 2.23. The summed E-state index contributed by atoms with van der Waals surface area (Å²) in [6.07, 6.45) is 3.34. The van der Waals surface area contributed by atoms with E-state index in [1.165, 1.54) is 6.07 Å². The van der Waals surface area contributed by atoms with Gasteiger partial charge in [-0.1, -0.05) is 0 Å². The van der Waals surface area contributed by atoms with Crippen LogP contribution in [0.2, 0.25) is 0 Å². The van der Waals surface area contributed by atoms with Crippen LogP contribution in [-0.4, -0.2) is 53.6 Å². The van der Waals surface area contributed by atoms with E-state index in [0.29, 0.717) is 32.1 Å². The predicted octanol–water partition coefficient (Wildman–Crippen LogP) is 1.48. The highest BCUT2D eigenvalue weighted by molar-refractivity contribution is 5.78. The van der Waals surface area contributed by atoms with E-state index < -0.39 is 11.6 Å². The number of hydrogen-bond donors (Lipinski definition) is 0. The van der Waals surface area contributed by atoms with Crippen molar-refractivity contribution in [1.29, 1.82) is 0 Å². The summed E-state index contributed by atoms with van der Waals surface area (Å²) in [6, 6.07) is 4.72. The third-order valence-electron chi connectivity index (χ3n) is 3.71. The van der Waals surface area contributed by atoms with E-state index in [9.17, 15) is 13.6 Å². The average Bonchev–Trinajstić information content (AvgIpc) is 2.62. The molecule has 126 valence electrons. The van der Waals surface area contributed by atoms with Crippen LogP contribution in [0, 0.1) is 11.6 Å². The number of carbonyl (C=O) groups excluding carboxylic acids is 1. The fraction of sp³-hybridized carbons (Fsp3) is 0.312. The molecule has 1 aromatic carbocycles. The van der Waals surface area contributed by atoms with Crippen LogP contribution in [0.5, 0.6) is 5.75 Å². The van der Waals surface area contributed by atoms with Crippen LogP contribution >= 0.6 is 0 Å². The summed E-state index contributed by atoms with van der Waals surface area (Å²) in [5, 5.41) is 0. The highest BCUT2D eigenvalue weighted by atomic mass is 19.1. The van der Waals surface area contributed by atoms with Gasteiger partial charge in [-0.3, -0.25) is 4.79 Å². The molecule has 1 fully saturated rings. The molecule has 0 spiro atoms. The number of halogens is 2. The van der Waals surface area contributed by atoms with Gasteiger partial charge in [0.05, 0.1) is 0 Å².